The Kier molecular flexibility index (Phi) is 5.91. The average molecular weight is 439 g/mol. The molecular weight excluding hydrogens is 419 g/mol. The monoisotopic (exact) mass is 438 g/mol. The van der Waals surface area contributed by atoms with E-state index in [2.05, 4.69) is 5.10 Å². The topological polar surface area (TPSA) is 51.1 Å². The summed E-state index contributed by atoms with van der Waals surface area (Å²) in [5.41, 5.74) is 2.59. The van der Waals surface area contributed by atoms with Crippen LogP contribution in [0.1, 0.15) is 33.9 Å². The van der Waals surface area contributed by atoms with Gasteiger partial charge < -0.3 is 9.47 Å². The van der Waals surface area contributed by atoms with Crippen LogP contribution in [0, 0.1) is 5.82 Å². The minimum Gasteiger partial charge on any atom is -0.497 e. The molecule has 0 aliphatic carbocycles. The molecule has 1 heterocycles. The first-order valence-corrected chi connectivity index (χ1v) is 10.0. The SMILES string of the molecule is COc1cc(OC)cc(C2=NN(C(=O)c3ccccc3Cl)[C@@H](c3ccc(F)cc3)C2)c1. The summed E-state index contributed by atoms with van der Waals surface area (Å²) in [7, 11) is 3.15. The first-order valence-electron chi connectivity index (χ1n) is 9.64. The van der Waals surface area contributed by atoms with E-state index in [1.165, 1.54) is 17.1 Å². The van der Waals surface area contributed by atoms with Crippen molar-refractivity contribution in [1.29, 1.82) is 0 Å². The lowest BCUT2D eigenvalue weighted by Crippen LogP contribution is -2.27. The standard InChI is InChI=1S/C24H20ClFN2O3/c1-30-18-11-16(12-19(13-18)31-2)22-14-23(15-7-9-17(26)10-8-15)28(27-22)24(29)20-5-3-4-6-21(20)25/h3-13,23H,14H2,1-2H3/t23-/m1/s1. The van der Waals surface area contributed by atoms with Crippen LogP contribution < -0.4 is 9.47 Å². The van der Waals surface area contributed by atoms with Crippen molar-refractivity contribution >= 4 is 23.2 Å². The van der Waals surface area contributed by atoms with E-state index in [0.717, 1.165) is 11.1 Å². The number of ether oxygens (including phenoxy) is 2. The summed E-state index contributed by atoms with van der Waals surface area (Å²) in [6.45, 7) is 0. The molecule has 1 aliphatic heterocycles. The molecule has 0 unspecified atom stereocenters. The zero-order valence-electron chi connectivity index (χ0n) is 17.0. The molecule has 0 aromatic heterocycles. The molecule has 31 heavy (non-hydrogen) atoms. The van der Waals surface area contributed by atoms with Crippen molar-refractivity contribution in [1.82, 2.24) is 5.01 Å². The van der Waals surface area contributed by atoms with Crippen LogP contribution in [0.25, 0.3) is 0 Å². The molecule has 0 spiro atoms. The Morgan fingerprint density at radius 1 is 1.03 bits per heavy atom. The number of methoxy groups -OCH3 is 2. The Morgan fingerprint density at radius 3 is 2.29 bits per heavy atom. The number of hydrogen-bond acceptors (Lipinski definition) is 4. The molecule has 158 valence electrons. The molecule has 0 radical (unpaired) electrons. The van der Waals surface area contributed by atoms with Gasteiger partial charge in [0.1, 0.15) is 17.3 Å². The van der Waals surface area contributed by atoms with E-state index < -0.39 is 6.04 Å². The van der Waals surface area contributed by atoms with Gasteiger partial charge in [-0.15, -0.1) is 0 Å². The molecule has 0 bridgehead atoms. The van der Waals surface area contributed by atoms with Gasteiger partial charge >= 0.3 is 0 Å². The summed E-state index contributed by atoms with van der Waals surface area (Å²) >= 11 is 6.27. The molecule has 1 atom stereocenters. The predicted molar refractivity (Wildman–Crippen MR) is 117 cm³/mol. The van der Waals surface area contributed by atoms with Crippen molar-refractivity contribution in [3.05, 3.63) is 94.3 Å². The Balaban J connectivity index is 1.78. The van der Waals surface area contributed by atoms with Crippen LogP contribution >= 0.6 is 11.6 Å². The first kappa shape index (κ1) is 20.9. The molecule has 7 heteroatoms. The van der Waals surface area contributed by atoms with Crippen molar-refractivity contribution in [3.8, 4) is 11.5 Å². The van der Waals surface area contributed by atoms with E-state index >= 15 is 0 Å². The Bertz CT molecular complexity index is 1130. The van der Waals surface area contributed by atoms with Crippen molar-refractivity contribution in [2.75, 3.05) is 14.2 Å². The molecule has 0 saturated carbocycles. The van der Waals surface area contributed by atoms with Crippen LogP contribution in [0.3, 0.4) is 0 Å². The van der Waals surface area contributed by atoms with Crippen molar-refractivity contribution in [2.45, 2.75) is 12.5 Å². The second kappa shape index (κ2) is 8.78. The molecule has 3 aromatic carbocycles. The average Bonchev–Trinajstić information content (AvgIpc) is 3.24. The molecule has 4 rings (SSSR count). The highest BCUT2D eigenvalue weighted by Gasteiger charge is 2.34. The largest absolute Gasteiger partial charge is 0.497 e. The maximum atomic E-state index is 13.5. The fourth-order valence-electron chi connectivity index (χ4n) is 3.55. The van der Waals surface area contributed by atoms with Gasteiger partial charge in [-0.05, 0) is 42.0 Å². The predicted octanol–water partition coefficient (Wildman–Crippen LogP) is 5.49. The van der Waals surface area contributed by atoms with Gasteiger partial charge in [-0.3, -0.25) is 4.79 Å². The van der Waals surface area contributed by atoms with Gasteiger partial charge in [0.15, 0.2) is 0 Å². The molecule has 3 aromatic rings. The minimum atomic E-state index is -0.406. The van der Waals surface area contributed by atoms with Gasteiger partial charge in [-0.25, -0.2) is 9.40 Å². The third kappa shape index (κ3) is 4.25. The number of amides is 1. The molecule has 0 saturated heterocycles. The fourth-order valence-corrected chi connectivity index (χ4v) is 3.77. The smallest absolute Gasteiger partial charge is 0.276 e. The maximum absolute atomic E-state index is 13.5. The van der Waals surface area contributed by atoms with Crippen LogP contribution in [-0.2, 0) is 0 Å². The van der Waals surface area contributed by atoms with E-state index in [-0.39, 0.29) is 11.7 Å². The van der Waals surface area contributed by atoms with Crippen LogP contribution in [0.2, 0.25) is 5.02 Å². The quantitative estimate of drug-likeness (QED) is 0.529. The van der Waals surface area contributed by atoms with E-state index in [1.807, 2.05) is 12.1 Å². The van der Waals surface area contributed by atoms with Crippen molar-refractivity contribution in [2.24, 2.45) is 5.10 Å². The highest BCUT2D eigenvalue weighted by Crippen LogP contribution is 2.36. The van der Waals surface area contributed by atoms with Crippen LogP contribution in [-0.4, -0.2) is 30.8 Å². The van der Waals surface area contributed by atoms with Gasteiger partial charge in [0, 0.05) is 18.1 Å². The molecule has 1 aliphatic rings. The zero-order valence-corrected chi connectivity index (χ0v) is 17.8. The second-order valence-electron chi connectivity index (χ2n) is 7.05. The van der Waals surface area contributed by atoms with Crippen LogP contribution in [0.5, 0.6) is 11.5 Å². The minimum absolute atomic E-state index is 0.329. The van der Waals surface area contributed by atoms with E-state index in [0.29, 0.717) is 34.2 Å². The first-order chi connectivity index (χ1) is 15.0. The zero-order chi connectivity index (χ0) is 22.0. The van der Waals surface area contributed by atoms with Gasteiger partial charge in [0.25, 0.3) is 5.91 Å². The lowest BCUT2D eigenvalue weighted by molar-refractivity contribution is 0.0711. The van der Waals surface area contributed by atoms with Gasteiger partial charge in [-0.1, -0.05) is 35.9 Å². The fraction of sp³-hybridized carbons (Fsp3) is 0.167. The van der Waals surface area contributed by atoms with E-state index in [4.69, 9.17) is 21.1 Å². The van der Waals surface area contributed by atoms with Gasteiger partial charge in [0.05, 0.1) is 36.6 Å². The molecule has 0 fully saturated rings. The van der Waals surface area contributed by atoms with Crippen LogP contribution in [0.4, 0.5) is 4.39 Å². The number of nitrogens with zero attached hydrogens (tertiary/aromatic N) is 2. The number of rotatable bonds is 5. The summed E-state index contributed by atoms with van der Waals surface area (Å²) in [6.07, 6.45) is 0.443. The van der Waals surface area contributed by atoms with E-state index in [1.54, 1.807) is 56.7 Å². The summed E-state index contributed by atoms with van der Waals surface area (Å²) < 4.78 is 24.2. The number of halogens is 2. The third-order valence-electron chi connectivity index (χ3n) is 5.16. The normalized spacial score (nSPS) is 15.5. The Morgan fingerprint density at radius 2 is 1.68 bits per heavy atom. The number of hydrogen-bond donors (Lipinski definition) is 0. The summed E-state index contributed by atoms with van der Waals surface area (Å²) in [6, 6.07) is 18.0. The third-order valence-corrected chi connectivity index (χ3v) is 5.49. The Labute approximate surface area is 184 Å². The molecule has 1 amide bonds. The summed E-state index contributed by atoms with van der Waals surface area (Å²) in [4.78, 5) is 13.4. The number of carbonyl (C=O) groups excluding carboxylic acids is 1. The number of benzene rings is 3. The lowest BCUT2D eigenvalue weighted by Gasteiger charge is -2.22. The maximum Gasteiger partial charge on any atom is 0.276 e. The number of carbonyl (C=O) groups is 1. The van der Waals surface area contributed by atoms with Gasteiger partial charge in [-0.2, -0.15) is 5.10 Å². The Hall–Kier alpha value is -3.38. The molecule has 5 nitrogen and oxygen atoms in total. The lowest BCUT2D eigenvalue weighted by atomic mass is 9.97. The van der Waals surface area contributed by atoms with E-state index in [9.17, 15) is 9.18 Å². The highest BCUT2D eigenvalue weighted by atomic mass is 35.5. The number of hydrazone groups is 1. The highest BCUT2D eigenvalue weighted by molar-refractivity contribution is 6.33. The van der Waals surface area contributed by atoms with Crippen molar-refractivity contribution < 1.29 is 18.7 Å². The molecule has 0 N–H and O–H groups in total. The molecular formula is C24H20ClFN2O3. The second-order valence-corrected chi connectivity index (χ2v) is 7.46. The van der Waals surface area contributed by atoms with Crippen LogP contribution in [0.15, 0.2) is 71.8 Å². The summed E-state index contributed by atoms with van der Waals surface area (Å²) in [5, 5.41) is 6.40. The van der Waals surface area contributed by atoms with Gasteiger partial charge in [0.2, 0.25) is 0 Å². The summed E-state index contributed by atoms with van der Waals surface area (Å²) in [5.74, 6) is 0.562. The van der Waals surface area contributed by atoms with Crippen molar-refractivity contribution in [3.63, 3.8) is 0 Å².